The first-order chi connectivity index (χ1) is 25.7. The van der Waals surface area contributed by atoms with Crippen LogP contribution in [0.5, 0.6) is 0 Å². The summed E-state index contributed by atoms with van der Waals surface area (Å²) in [6, 6.07) is 70.0. The van der Waals surface area contributed by atoms with E-state index in [2.05, 4.69) is 182 Å². The summed E-state index contributed by atoms with van der Waals surface area (Å²) in [6.07, 6.45) is 0. The summed E-state index contributed by atoms with van der Waals surface area (Å²) in [4.78, 5) is 15.5. The molecular formula is C49H33N3. The lowest BCUT2D eigenvalue weighted by Gasteiger charge is -2.14. The van der Waals surface area contributed by atoms with Crippen LogP contribution in [0, 0.1) is 0 Å². The molecule has 1 aromatic heterocycles. The van der Waals surface area contributed by atoms with Gasteiger partial charge in [0, 0.05) is 16.7 Å². The minimum absolute atomic E-state index is 0.626. The molecule has 0 N–H and O–H groups in total. The van der Waals surface area contributed by atoms with E-state index in [9.17, 15) is 0 Å². The van der Waals surface area contributed by atoms with Gasteiger partial charge in [-0.25, -0.2) is 15.0 Å². The molecule has 0 spiro atoms. The third-order valence-electron chi connectivity index (χ3n) is 9.56. The van der Waals surface area contributed by atoms with E-state index in [0.717, 1.165) is 50.1 Å². The van der Waals surface area contributed by atoms with Crippen LogP contribution in [0.1, 0.15) is 0 Å². The van der Waals surface area contributed by atoms with E-state index in [4.69, 9.17) is 15.0 Å². The number of aromatic nitrogens is 3. The van der Waals surface area contributed by atoms with E-state index in [1.165, 1.54) is 21.9 Å². The Balaban J connectivity index is 1.22. The molecule has 0 aliphatic heterocycles. The van der Waals surface area contributed by atoms with Crippen molar-refractivity contribution in [3.8, 4) is 78.7 Å². The Hall–Kier alpha value is -6.97. The predicted molar refractivity (Wildman–Crippen MR) is 215 cm³/mol. The Morgan fingerprint density at radius 1 is 0.212 bits per heavy atom. The molecule has 0 fully saturated rings. The van der Waals surface area contributed by atoms with Crippen molar-refractivity contribution in [1.82, 2.24) is 15.0 Å². The van der Waals surface area contributed by atoms with Gasteiger partial charge in [-0.3, -0.25) is 0 Å². The molecule has 0 saturated heterocycles. The van der Waals surface area contributed by atoms with Gasteiger partial charge in [0.2, 0.25) is 0 Å². The van der Waals surface area contributed by atoms with Crippen molar-refractivity contribution in [2.75, 3.05) is 0 Å². The third kappa shape index (κ3) is 6.28. The Bertz CT molecular complexity index is 2530. The number of hydrogen-bond acceptors (Lipinski definition) is 3. The molecule has 0 radical (unpaired) electrons. The van der Waals surface area contributed by atoms with Crippen LogP contribution in [-0.4, -0.2) is 15.0 Å². The van der Waals surface area contributed by atoms with Gasteiger partial charge in [0.15, 0.2) is 17.5 Å². The molecular weight excluding hydrogens is 631 g/mol. The Kier molecular flexibility index (Phi) is 8.20. The second-order valence-corrected chi connectivity index (χ2v) is 12.9. The van der Waals surface area contributed by atoms with Crippen LogP contribution in [0.25, 0.3) is 89.4 Å². The number of nitrogens with zero attached hydrogens (tertiary/aromatic N) is 3. The topological polar surface area (TPSA) is 38.7 Å². The monoisotopic (exact) mass is 663 g/mol. The molecule has 1 heterocycles. The maximum Gasteiger partial charge on any atom is 0.164 e. The number of benzene rings is 8. The lowest BCUT2D eigenvalue weighted by atomic mass is 9.93. The summed E-state index contributed by atoms with van der Waals surface area (Å²) in [7, 11) is 0. The molecule has 9 aromatic rings. The van der Waals surface area contributed by atoms with E-state index in [1.54, 1.807) is 0 Å². The van der Waals surface area contributed by atoms with E-state index >= 15 is 0 Å². The van der Waals surface area contributed by atoms with Crippen molar-refractivity contribution in [1.29, 1.82) is 0 Å². The molecule has 0 saturated carbocycles. The molecule has 9 rings (SSSR count). The summed E-state index contributed by atoms with van der Waals surface area (Å²) >= 11 is 0. The fourth-order valence-electron chi connectivity index (χ4n) is 6.79. The summed E-state index contributed by atoms with van der Waals surface area (Å²) < 4.78 is 0. The maximum atomic E-state index is 5.22. The lowest BCUT2D eigenvalue weighted by Crippen LogP contribution is -2.01. The highest BCUT2D eigenvalue weighted by Gasteiger charge is 2.17. The fourth-order valence-corrected chi connectivity index (χ4v) is 6.79. The molecule has 8 aromatic carbocycles. The van der Waals surface area contributed by atoms with Crippen LogP contribution in [0.3, 0.4) is 0 Å². The Labute approximate surface area is 303 Å². The molecule has 3 nitrogen and oxygen atoms in total. The summed E-state index contributed by atoms with van der Waals surface area (Å²) in [5.74, 6) is 1.88. The molecule has 0 aliphatic carbocycles. The largest absolute Gasteiger partial charge is 0.208 e. The zero-order valence-corrected chi connectivity index (χ0v) is 28.4. The van der Waals surface area contributed by atoms with Crippen LogP contribution in [0.2, 0.25) is 0 Å². The van der Waals surface area contributed by atoms with Gasteiger partial charge in [0.1, 0.15) is 0 Å². The summed E-state index contributed by atoms with van der Waals surface area (Å²) in [5, 5.41) is 2.42. The van der Waals surface area contributed by atoms with Crippen molar-refractivity contribution in [3.63, 3.8) is 0 Å². The van der Waals surface area contributed by atoms with Gasteiger partial charge < -0.3 is 0 Å². The van der Waals surface area contributed by atoms with Crippen molar-refractivity contribution in [2.24, 2.45) is 0 Å². The predicted octanol–water partition coefficient (Wildman–Crippen LogP) is 12.7. The van der Waals surface area contributed by atoms with Gasteiger partial charge >= 0.3 is 0 Å². The molecule has 0 amide bonds. The van der Waals surface area contributed by atoms with Gasteiger partial charge in [-0.15, -0.1) is 0 Å². The van der Waals surface area contributed by atoms with Crippen molar-refractivity contribution in [3.05, 3.63) is 200 Å². The highest BCUT2D eigenvalue weighted by atomic mass is 15.0. The van der Waals surface area contributed by atoms with Gasteiger partial charge in [0.25, 0.3) is 0 Å². The second kappa shape index (κ2) is 13.7. The first kappa shape index (κ1) is 31.0. The first-order valence-corrected chi connectivity index (χ1v) is 17.5. The summed E-state index contributed by atoms with van der Waals surface area (Å²) in [6.45, 7) is 0. The lowest BCUT2D eigenvalue weighted by molar-refractivity contribution is 1.07. The van der Waals surface area contributed by atoms with Crippen LogP contribution >= 0.6 is 0 Å². The highest BCUT2D eigenvalue weighted by Crippen LogP contribution is 2.37. The van der Waals surface area contributed by atoms with Crippen molar-refractivity contribution < 1.29 is 0 Å². The van der Waals surface area contributed by atoms with Gasteiger partial charge in [-0.1, -0.05) is 188 Å². The molecule has 3 heteroatoms. The van der Waals surface area contributed by atoms with E-state index in [1.807, 2.05) is 18.2 Å². The van der Waals surface area contributed by atoms with Gasteiger partial charge in [-0.05, 0) is 67.4 Å². The highest BCUT2D eigenvalue weighted by molar-refractivity contribution is 5.90. The quantitative estimate of drug-likeness (QED) is 0.170. The molecule has 52 heavy (non-hydrogen) atoms. The third-order valence-corrected chi connectivity index (χ3v) is 9.56. The standard InChI is InChI=1S/C49H33N3/c1-4-12-34(13-5-1)37-20-25-40(26-21-37)47-50-48(41-27-22-38(23-28-41)35-14-6-2-7-15-35)52-49(51-47)46-33-44(30-31-45(46)39-17-8-3-9-18-39)43-29-24-36-16-10-11-19-42(36)32-43/h1-33H. The van der Waals surface area contributed by atoms with Crippen molar-refractivity contribution in [2.45, 2.75) is 0 Å². The van der Waals surface area contributed by atoms with Crippen molar-refractivity contribution >= 4 is 10.8 Å². The zero-order valence-electron chi connectivity index (χ0n) is 28.4. The van der Waals surface area contributed by atoms with E-state index < -0.39 is 0 Å². The molecule has 0 aliphatic rings. The van der Waals surface area contributed by atoms with Gasteiger partial charge in [-0.2, -0.15) is 0 Å². The number of fused-ring (bicyclic) bond motifs is 1. The molecule has 0 unspecified atom stereocenters. The number of rotatable bonds is 7. The SMILES string of the molecule is c1ccc(-c2ccc(-c3nc(-c4ccc(-c5ccccc5)cc4)nc(-c4cc(-c5ccc6ccccc6c5)ccc4-c4ccccc4)n3)cc2)cc1. The minimum atomic E-state index is 0.626. The van der Waals surface area contributed by atoms with Crippen LogP contribution in [0.15, 0.2) is 200 Å². The average molecular weight is 664 g/mol. The normalized spacial score (nSPS) is 11.1. The van der Waals surface area contributed by atoms with Crippen LogP contribution < -0.4 is 0 Å². The molecule has 244 valence electrons. The van der Waals surface area contributed by atoms with E-state index in [0.29, 0.717) is 17.5 Å². The maximum absolute atomic E-state index is 5.22. The number of hydrogen-bond donors (Lipinski definition) is 0. The second-order valence-electron chi connectivity index (χ2n) is 12.9. The smallest absolute Gasteiger partial charge is 0.164 e. The van der Waals surface area contributed by atoms with Gasteiger partial charge in [0.05, 0.1) is 0 Å². The first-order valence-electron chi connectivity index (χ1n) is 17.5. The summed E-state index contributed by atoms with van der Waals surface area (Å²) in [5.41, 5.74) is 11.8. The molecule has 0 atom stereocenters. The van der Waals surface area contributed by atoms with Crippen LogP contribution in [-0.2, 0) is 0 Å². The average Bonchev–Trinajstić information content (AvgIpc) is 3.24. The van der Waals surface area contributed by atoms with Crippen LogP contribution in [0.4, 0.5) is 0 Å². The minimum Gasteiger partial charge on any atom is -0.208 e. The molecule has 0 bridgehead atoms. The fraction of sp³-hybridized carbons (Fsp3) is 0. The Morgan fingerprint density at radius 2 is 0.596 bits per heavy atom. The zero-order chi connectivity index (χ0) is 34.7. The Morgan fingerprint density at radius 3 is 1.15 bits per heavy atom. The van der Waals surface area contributed by atoms with E-state index in [-0.39, 0.29) is 0 Å².